The number of nitrogens with one attached hydrogen (secondary N) is 1. The van der Waals surface area contributed by atoms with E-state index < -0.39 is 0 Å². The molecule has 0 saturated heterocycles. The predicted octanol–water partition coefficient (Wildman–Crippen LogP) is 4.45. The Bertz CT molecular complexity index is 916. The van der Waals surface area contributed by atoms with Gasteiger partial charge in [0.1, 0.15) is 0 Å². The van der Waals surface area contributed by atoms with Crippen LogP contribution in [0.2, 0.25) is 0 Å². The topological polar surface area (TPSA) is 46.2 Å². The zero-order chi connectivity index (χ0) is 17.8. The van der Waals surface area contributed by atoms with Crippen LogP contribution in [-0.2, 0) is 0 Å². The Balaban J connectivity index is 1.37. The minimum Gasteiger partial charge on any atom is -0.349 e. The lowest BCUT2D eigenvalue weighted by Crippen LogP contribution is -2.40. The van der Waals surface area contributed by atoms with E-state index in [1.807, 2.05) is 36.4 Å². The zero-order valence-corrected chi connectivity index (χ0v) is 15.0. The number of amides is 1. The summed E-state index contributed by atoms with van der Waals surface area (Å²) in [5, 5.41) is 3.20. The van der Waals surface area contributed by atoms with E-state index in [4.69, 9.17) is 0 Å². The van der Waals surface area contributed by atoms with Gasteiger partial charge in [0.25, 0.3) is 5.91 Å². The van der Waals surface area contributed by atoms with Gasteiger partial charge in [-0.05, 0) is 67.2 Å². The molecule has 1 N–H and O–H groups in total. The highest BCUT2D eigenvalue weighted by Crippen LogP contribution is 2.49. The Morgan fingerprint density at radius 1 is 1.00 bits per heavy atom. The molecule has 0 heterocycles. The summed E-state index contributed by atoms with van der Waals surface area (Å²) in [6, 6.07) is 13.4. The maximum absolute atomic E-state index is 12.8. The smallest absolute Gasteiger partial charge is 0.251 e. The van der Waals surface area contributed by atoms with Crippen LogP contribution >= 0.6 is 0 Å². The third kappa shape index (κ3) is 2.33. The van der Waals surface area contributed by atoms with E-state index >= 15 is 0 Å². The second-order valence-electron chi connectivity index (χ2n) is 8.24. The molecule has 0 aromatic heterocycles. The summed E-state index contributed by atoms with van der Waals surface area (Å²) in [5.74, 6) is 2.23. The van der Waals surface area contributed by atoms with Crippen molar-refractivity contribution in [2.24, 2.45) is 17.8 Å². The Morgan fingerprint density at radius 3 is 2.50 bits per heavy atom. The largest absolute Gasteiger partial charge is 0.349 e. The van der Waals surface area contributed by atoms with Crippen molar-refractivity contribution in [3.63, 3.8) is 0 Å². The number of hydrogen-bond donors (Lipinski definition) is 1. The van der Waals surface area contributed by atoms with E-state index in [9.17, 15) is 9.59 Å². The quantitative estimate of drug-likeness (QED) is 0.762. The van der Waals surface area contributed by atoms with Crippen LogP contribution in [-0.4, -0.2) is 17.7 Å². The van der Waals surface area contributed by atoms with E-state index in [-0.39, 0.29) is 17.7 Å². The highest BCUT2D eigenvalue weighted by molar-refractivity contribution is 6.22. The van der Waals surface area contributed by atoms with Gasteiger partial charge in [-0.3, -0.25) is 9.59 Å². The van der Waals surface area contributed by atoms with Crippen LogP contribution in [0, 0.1) is 17.8 Å². The lowest BCUT2D eigenvalue weighted by molar-refractivity contribution is 0.0915. The first-order valence-corrected chi connectivity index (χ1v) is 9.71. The second-order valence-corrected chi connectivity index (χ2v) is 8.24. The number of rotatable bonds is 3. The van der Waals surface area contributed by atoms with Gasteiger partial charge in [-0.2, -0.15) is 0 Å². The fourth-order valence-corrected chi connectivity index (χ4v) is 5.47. The fraction of sp³-hybridized carbons (Fsp3) is 0.391. The van der Waals surface area contributed by atoms with Crippen molar-refractivity contribution in [2.45, 2.75) is 38.6 Å². The van der Waals surface area contributed by atoms with Crippen molar-refractivity contribution in [1.29, 1.82) is 0 Å². The molecule has 3 heteroatoms. The molecule has 2 bridgehead atoms. The monoisotopic (exact) mass is 345 g/mol. The molecule has 0 unspecified atom stereocenters. The summed E-state index contributed by atoms with van der Waals surface area (Å²) in [5.41, 5.74) is 3.86. The van der Waals surface area contributed by atoms with Gasteiger partial charge >= 0.3 is 0 Å². The van der Waals surface area contributed by atoms with E-state index in [0.29, 0.717) is 17.0 Å². The minimum atomic E-state index is -0.0631. The molecule has 1 amide bonds. The molecular weight excluding hydrogens is 322 g/mol. The Morgan fingerprint density at radius 2 is 1.77 bits per heavy atom. The van der Waals surface area contributed by atoms with Crippen LogP contribution in [0.1, 0.15) is 58.9 Å². The zero-order valence-electron chi connectivity index (χ0n) is 15.0. The number of ketones is 1. The normalized spacial score (nSPS) is 26.5. The third-order valence-electron chi connectivity index (χ3n) is 6.78. The average molecular weight is 345 g/mol. The van der Waals surface area contributed by atoms with Crippen LogP contribution < -0.4 is 5.32 Å². The molecule has 5 rings (SSSR count). The van der Waals surface area contributed by atoms with Crippen molar-refractivity contribution >= 4 is 11.7 Å². The predicted molar refractivity (Wildman–Crippen MR) is 101 cm³/mol. The van der Waals surface area contributed by atoms with Crippen LogP contribution in [0.3, 0.4) is 0 Å². The van der Waals surface area contributed by atoms with Crippen molar-refractivity contribution in [2.75, 3.05) is 0 Å². The first kappa shape index (κ1) is 15.8. The average Bonchev–Trinajstić information content (AvgIpc) is 3.36. The van der Waals surface area contributed by atoms with Crippen molar-refractivity contribution in [3.8, 4) is 11.1 Å². The molecule has 2 fully saturated rings. The Kier molecular flexibility index (Phi) is 3.53. The van der Waals surface area contributed by atoms with Gasteiger partial charge in [-0.1, -0.05) is 36.8 Å². The molecule has 3 aliphatic rings. The third-order valence-corrected chi connectivity index (χ3v) is 6.78. The summed E-state index contributed by atoms with van der Waals surface area (Å²) in [4.78, 5) is 25.4. The molecule has 26 heavy (non-hydrogen) atoms. The maximum Gasteiger partial charge on any atom is 0.251 e. The lowest BCUT2D eigenvalue weighted by atomic mass is 9.84. The van der Waals surface area contributed by atoms with Gasteiger partial charge in [0.15, 0.2) is 5.78 Å². The number of carbonyl (C=O) groups excluding carboxylic acids is 2. The molecule has 2 saturated carbocycles. The molecule has 132 valence electrons. The summed E-state index contributed by atoms with van der Waals surface area (Å²) in [6.07, 6.45) is 5.29. The van der Waals surface area contributed by atoms with Gasteiger partial charge in [-0.15, -0.1) is 0 Å². The maximum atomic E-state index is 12.8. The highest BCUT2D eigenvalue weighted by Gasteiger charge is 2.42. The number of hydrogen-bond acceptors (Lipinski definition) is 2. The van der Waals surface area contributed by atoms with Gasteiger partial charge in [0, 0.05) is 22.7 Å². The SMILES string of the molecule is C[C@@H](NC(=O)c1ccc2c(c1)C(=O)c1ccccc1-2)[C@@H]1C[C@H]2CC[C@H]1C2. The molecule has 0 aliphatic heterocycles. The van der Waals surface area contributed by atoms with Crippen LogP contribution in [0.5, 0.6) is 0 Å². The molecule has 3 aliphatic carbocycles. The van der Waals surface area contributed by atoms with Crippen LogP contribution in [0.15, 0.2) is 42.5 Å². The summed E-state index contributed by atoms with van der Waals surface area (Å²) in [7, 11) is 0. The molecule has 0 radical (unpaired) electrons. The molecule has 4 atom stereocenters. The molecule has 0 spiro atoms. The van der Waals surface area contributed by atoms with Gasteiger partial charge < -0.3 is 5.32 Å². The summed E-state index contributed by atoms with van der Waals surface area (Å²) >= 11 is 0. The van der Waals surface area contributed by atoms with E-state index in [1.54, 1.807) is 6.07 Å². The number of carbonyl (C=O) groups is 2. The van der Waals surface area contributed by atoms with Crippen LogP contribution in [0.4, 0.5) is 0 Å². The van der Waals surface area contributed by atoms with Gasteiger partial charge in [0.2, 0.25) is 0 Å². The molecule has 3 nitrogen and oxygen atoms in total. The number of benzene rings is 2. The van der Waals surface area contributed by atoms with E-state index in [2.05, 4.69) is 12.2 Å². The number of fused-ring (bicyclic) bond motifs is 5. The van der Waals surface area contributed by atoms with Crippen LogP contribution in [0.25, 0.3) is 11.1 Å². The second kappa shape index (κ2) is 5.80. The Labute approximate surface area is 153 Å². The standard InChI is InChI=1S/C23H23NO2/c1-13(20-11-14-6-7-15(20)10-14)24-23(26)16-8-9-18-17-4-2-3-5-19(17)22(25)21(18)12-16/h2-5,8-9,12-15,20H,6-7,10-11H2,1H3,(H,24,26)/t13-,14+,15+,20+/m1/s1. The van der Waals surface area contributed by atoms with E-state index in [0.717, 1.165) is 28.5 Å². The van der Waals surface area contributed by atoms with E-state index in [1.165, 1.54) is 25.7 Å². The summed E-state index contributed by atoms with van der Waals surface area (Å²) in [6.45, 7) is 2.14. The first-order chi connectivity index (χ1) is 12.6. The molecule has 2 aromatic carbocycles. The van der Waals surface area contributed by atoms with Crippen molar-refractivity contribution < 1.29 is 9.59 Å². The minimum absolute atomic E-state index is 0.0198. The van der Waals surface area contributed by atoms with Gasteiger partial charge in [0.05, 0.1) is 0 Å². The highest BCUT2D eigenvalue weighted by atomic mass is 16.1. The first-order valence-electron chi connectivity index (χ1n) is 9.71. The lowest BCUT2D eigenvalue weighted by Gasteiger charge is -2.28. The summed E-state index contributed by atoms with van der Waals surface area (Å²) < 4.78 is 0. The molecule has 2 aromatic rings. The Hall–Kier alpha value is -2.42. The van der Waals surface area contributed by atoms with Crippen molar-refractivity contribution in [3.05, 3.63) is 59.2 Å². The van der Waals surface area contributed by atoms with Gasteiger partial charge in [-0.25, -0.2) is 0 Å². The van der Waals surface area contributed by atoms with Crippen molar-refractivity contribution in [1.82, 2.24) is 5.32 Å². The molecular formula is C23H23NO2. The fourth-order valence-electron chi connectivity index (χ4n) is 5.47.